The molecule has 1 aromatic heterocycles. The predicted molar refractivity (Wildman–Crippen MR) is 138 cm³/mol. The first-order valence-electron chi connectivity index (χ1n) is 12.3. The van der Waals surface area contributed by atoms with Gasteiger partial charge in [0.2, 0.25) is 11.8 Å². The molecule has 0 spiro atoms. The van der Waals surface area contributed by atoms with Crippen molar-refractivity contribution in [1.82, 2.24) is 20.2 Å². The number of benzene rings is 1. The van der Waals surface area contributed by atoms with Gasteiger partial charge in [0.05, 0.1) is 31.6 Å². The van der Waals surface area contributed by atoms with Gasteiger partial charge in [0, 0.05) is 26.2 Å². The summed E-state index contributed by atoms with van der Waals surface area (Å²) in [6, 6.07) is 8.91. The van der Waals surface area contributed by atoms with E-state index in [-0.39, 0.29) is 18.2 Å². The molecule has 1 aliphatic carbocycles. The van der Waals surface area contributed by atoms with E-state index in [4.69, 9.17) is 0 Å². The van der Waals surface area contributed by atoms with Crippen molar-refractivity contribution in [3.8, 4) is 0 Å². The van der Waals surface area contributed by atoms with Crippen molar-refractivity contribution in [2.75, 3.05) is 26.0 Å². The second-order valence-corrected chi connectivity index (χ2v) is 9.07. The molecule has 36 heavy (non-hydrogen) atoms. The van der Waals surface area contributed by atoms with Crippen LogP contribution in [0.15, 0.2) is 48.8 Å². The Morgan fingerprint density at radius 1 is 1.11 bits per heavy atom. The molecule has 0 radical (unpaired) electrons. The highest BCUT2D eigenvalue weighted by Crippen LogP contribution is 2.23. The third-order valence-electron chi connectivity index (χ3n) is 6.26. The van der Waals surface area contributed by atoms with Crippen molar-refractivity contribution >= 4 is 29.7 Å². The fourth-order valence-corrected chi connectivity index (χ4v) is 4.14. The molecule has 9 nitrogen and oxygen atoms in total. The minimum Gasteiger partial charge on any atom is -0.466 e. The molecular weight excluding hydrogens is 458 g/mol. The standard InChI is InChI=1S/C27H35N5O4/c1-32(19-21-11-7-4-8-12-21)25(33)15-23(27(35)30-16-20-9-5-3-6-10-20)31-24-18-28-22(17-29-24)13-14-26(34)36-2/h4,7-8,11-14,17-18,20,23H,3,5-6,9-10,15-16,19H2,1-2H3,(H,29,31)(H,30,35)/b14-13+/t23-/m1/s1. The molecule has 1 saturated carbocycles. The molecule has 2 aromatic rings. The molecule has 1 aliphatic rings. The number of hydrogen-bond acceptors (Lipinski definition) is 7. The molecule has 1 atom stereocenters. The highest BCUT2D eigenvalue weighted by Gasteiger charge is 2.25. The maximum Gasteiger partial charge on any atom is 0.330 e. The van der Waals surface area contributed by atoms with Crippen LogP contribution < -0.4 is 10.6 Å². The minimum absolute atomic E-state index is 0.0223. The SMILES string of the molecule is COC(=O)/C=C/c1cnc(N[C@H](CC(=O)N(C)Cc2ccccc2)C(=O)NCC2CCCCC2)cn1. The van der Waals surface area contributed by atoms with Crippen LogP contribution in [0.3, 0.4) is 0 Å². The largest absolute Gasteiger partial charge is 0.466 e. The summed E-state index contributed by atoms with van der Waals surface area (Å²) in [5.41, 5.74) is 1.48. The number of ether oxygens (including phenoxy) is 1. The number of carbonyl (C=O) groups is 3. The van der Waals surface area contributed by atoms with Gasteiger partial charge in [0.1, 0.15) is 11.9 Å². The zero-order valence-electron chi connectivity index (χ0n) is 21.0. The maximum atomic E-state index is 13.1. The summed E-state index contributed by atoms with van der Waals surface area (Å²) in [6.07, 6.45) is 11.5. The van der Waals surface area contributed by atoms with E-state index in [2.05, 4.69) is 25.3 Å². The molecule has 1 aromatic carbocycles. The average Bonchev–Trinajstić information content (AvgIpc) is 2.91. The number of nitrogens with zero attached hydrogens (tertiary/aromatic N) is 3. The summed E-state index contributed by atoms with van der Waals surface area (Å²) < 4.78 is 4.57. The molecule has 0 saturated heterocycles. The highest BCUT2D eigenvalue weighted by atomic mass is 16.5. The summed E-state index contributed by atoms with van der Waals surface area (Å²) in [6.45, 7) is 1.06. The molecule has 1 heterocycles. The number of hydrogen-bond donors (Lipinski definition) is 2. The molecule has 3 rings (SSSR count). The summed E-state index contributed by atoms with van der Waals surface area (Å²) in [4.78, 5) is 47.6. The van der Waals surface area contributed by atoms with Crippen LogP contribution in [0.25, 0.3) is 6.08 Å². The van der Waals surface area contributed by atoms with Gasteiger partial charge in [-0.25, -0.2) is 9.78 Å². The molecule has 1 fully saturated rings. The summed E-state index contributed by atoms with van der Waals surface area (Å²) in [7, 11) is 3.03. The first-order chi connectivity index (χ1) is 17.4. The lowest BCUT2D eigenvalue weighted by molar-refractivity contribution is -0.134. The van der Waals surface area contributed by atoms with E-state index >= 15 is 0 Å². The second kappa shape index (κ2) is 14.0. The van der Waals surface area contributed by atoms with E-state index in [1.54, 1.807) is 11.9 Å². The van der Waals surface area contributed by atoms with Crippen LogP contribution in [0.1, 0.15) is 49.8 Å². The normalized spacial score (nSPS) is 14.7. The van der Waals surface area contributed by atoms with Crippen molar-refractivity contribution in [1.29, 1.82) is 0 Å². The van der Waals surface area contributed by atoms with Crippen molar-refractivity contribution in [2.24, 2.45) is 5.92 Å². The Kier molecular flexibility index (Phi) is 10.4. The fraction of sp³-hybridized carbons (Fsp3) is 0.444. The van der Waals surface area contributed by atoms with E-state index in [1.807, 2.05) is 30.3 Å². The highest BCUT2D eigenvalue weighted by molar-refractivity contribution is 5.90. The molecule has 9 heteroatoms. The van der Waals surface area contributed by atoms with Gasteiger partial charge in [-0.15, -0.1) is 0 Å². The first-order valence-corrected chi connectivity index (χ1v) is 12.3. The van der Waals surface area contributed by atoms with Gasteiger partial charge in [-0.05, 0) is 30.4 Å². The number of nitrogens with one attached hydrogen (secondary N) is 2. The van der Waals surface area contributed by atoms with Crippen molar-refractivity contribution < 1.29 is 19.1 Å². The second-order valence-electron chi connectivity index (χ2n) is 9.07. The Morgan fingerprint density at radius 3 is 2.53 bits per heavy atom. The Bertz CT molecular complexity index is 1020. The maximum absolute atomic E-state index is 13.1. The monoisotopic (exact) mass is 493 g/mol. The Labute approximate surface area is 212 Å². The fourth-order valence-electron chi connectivity index (χ4n) is 4.14. The van der Waals surface area contributed by atoms with E-state index in [0.29, 0.717) is 30.5 Å². The van der Waals surface area contributed by atoms with E-state index in [0.717, 1.165) is 18.4 Å². The zero-order valence-corrected chi connectivity index (χ0v) is 21.0. The first kappa shape index (κ1) is 26.8. The van der Waals surface area contributed by atoms with Gasteiger partial charge < -0.3 is 20.3 Å². The van der Waals surface area contributed by atoms with E-state index in [1.165, 1.54) is 50.9 Å². The van der Waals surface area contributed by atoms with E-state index in [9.17, 15) is 14.4 Å². The van der Waals surface area contributed by atoms with Gasteiger partial charge in [0.25, 0.3) is 0 Å². The predicted octanol–water partition coefficient (Wildman–Crippen LogP) is 3.19. The molecule has 192 valence electrons. The summed E-state index contributed by atoms with van der Waals surface area (Å²) >= 11 is 0. The lowest BCUT2D eigenvalue weighted by Gasteiger charge is -2.25. The topological polar surface area (TPSA) is 114 Å². The zero-order chi connectivity index (χ0) is 25.8. The molecule has 2 amide bonds. The number of aromatic nitrogens is 2. The third kappa shape index (κ3) is 8.79. The van der Waals surface area contributed by atoms with Crippen LogP contribution in [0, 0.1) is 5.92 Å². The summed E-state index contributed by atoms with van der Waals surface area (Å²) in [5, 5.41) is 6.10. The summed E-state index contributed by atoms with van der Waals surface area (Å²) in [5.74, 6) is -0.0536. The van der Waals surface area contributed by atoms with Gasteiger partial charge >= 0.3 is 5.97 Å². The Morgan fingerprint density at radius 2 is 1.86 bits per heavy atom. The van der Waals surface area contributed by atoms with Crippen LogP contribution >= 0.6 is 0 Å². The smallest absolute Gasteiger partial charge is 0.330 e. The molecule has 0 aliphatic heterocycles. The molecule has 0 bridgehead atoms. The molecular formula is C27H35N5O4. The third-order valence-corrected chi connectivity index (χ3v) is 6.26. The van der Waals surface area contributed by atoms with Crippen LogP contribution in [-0.4, -0.2) is 59.4 Å². The quantitative estimate of drug-likeness (QED) is 0.365. The molecule has 2 N–H and O–H groups in total. The average molecular weight is 494 g/mol. The van der Waals surface area contributed by atoms with Crippen LogP contribution in [0.2, 0.25) is 0 Å². The van der Waals surface area contributed by atoms with E-state index < -0.39 is 12.0 Å². The minimum atomic E-state index is -0.801. The van der Waals surface area contributed by atoms with Gasteiger partial charge in [0.15, 0.2) is 0 Å². The number of amides is 2. The van der Waals surface area contributed by atoms with Gasteiger partial charge in [-0.2, -0.15) is 0 Å². The Hall–Kier alpha value is -3.75. The number of esters is 1. The van der Waals surface area contributed by atoms with Gasteiger partial charge in [-0.3, -0.25) is 14.6 Å². The van der Waals surface area contributed by atoms with Crippen LogP contribution in [-0.2, 0) is 25.7 Å². The van der Waals surface area contributed by atoms with Crippen LogP contribution in [0.4, 0.5) is 5.82 Å². The lowest BCUT2D eigenvalue weighted by atomic mass is 9.89. The Balaban J connectivity index is 1.65. The number of anilines is 1. The van der Waals surface area contributed by atoms with Crippen molar-refractivity contribution in [3.63, 3.8) is 0 Å². The molecule has 0 unspecified atom stereocenters. The van der Waals surface area contributed by atoms with Gasteiger partial charge in [-0.1, -0.05) is 49.6 Å². The number of rotatable bonds is 11. The van der Waals surface area contributed by atoms with Crippen molar-refractivity contribution in [2.45, 2.75) is 51.1 Å². The number of carbonyl (C=O) groups excluding carboxylic acids is 3. The lowest BCUT2D eigenvalue weighted by Crippen LogP contribution is -2.44. The van der Waals surface area contributed by atoms with Crippen molar-refractivity contribution in [3.05, 3.63) is 60.1 Å². The van der Waals surface area contributed by atoms with Crippen LogP contribution in [0.5, 0.6) is 0 Å². The number of methoxy groups -OCH3 is 1.